The molecule has 1 unspecified atom stereocenters. The predicted octanol–water partition coefficient (Wildman–Crippen LogP) is 3.11. The van der Waals surface area contributed by atoms with Crippen molar-refractivity contribution in [3.8, 4) is 11.5 Å². The van der Waals surface area contributed by atoms with Crippen molar-refractivity contribution in [2.75, 3.05) is 0 Å². The smallest absolute Gasteiger partial charge is 0.267 e. The summed E-state index contributed by atoms with van der Waals surface area (Å²) < 4.78 is 6.80. The van der Waals surface area contributed by atoms with E-state index in [1.54, 1.807) is 18.4 Å². The average molecular weight is 266 g/mol. The van der Waals surface area contributed by atoms with Crippen LogP contribution in [-0.4, -0.2) is 9.78 Å². The van der Waals surface area contributed by atoms with Gasteiger partial charge < -0.3 is 4.42 Å². The second-order valence-corrected chi connectivity index (χ2v) is 4.57. The molecule has 2 heterocycles. The van der Waals surface area contributed by atoms with Crippen molar-refractivity contribution in [2.45, 2.75) is 13.0 Å². The van der Waals surface area contributed by atoms with E-state index in [9.17, 15) is 4.79 Å². The summed E-state index contributed by atoms with van der Waals surface area (Å²) in [6, 6.07) is 16.5. The summed E-state index contributed by atoms with van der Waals surface area (Å²) in [5.74, 6) is 0.652. The fourth-order valence-electron chi connectivity index (χ4n) is 2.13. The van der Waals surface area contributed by atoms with Gasteiger partial charge in [-0.3, -0.25) is 4.79 Å². The Labute approximate surface area is 116 Å². The largest absolute Gasteiger partial charge is 0.463 e. The molecule has 0 N–H and O–H groups in total. The molecule has 0 spiro atoms. The molecular weight excluding hydrogens is 252 g/mol. The Morgan fingerprint density at radius 3 is 2.55 bits per heavy atom. The van der Waals surface area contributed by atoms with Crippen LogP contribution in [0.25, 0.3) is 11.5 Å². The monoisotopic (exact) mass is 266 g/mol. The van der Waals surface area contributed by atoms with Crippen LogP contribution in [0.4, 0.5) is 0 Å². The lowest BCUT2D eigenvalue weighted by atomic mass is 10.1. The number of hydrogen-bond donors (Lipinski definition) is 0. The number of nitrogens with zero attached hydrogens (tertiary/aromatic N) is 2. The second kappa shape index (κ2) is 5.17. The molecule has 0 amide bonds. The molecule has 1 atom stereocenters. The summed E-state index contributed by atoms with van der Waals surface area (Å²) in [7, 11) is 0. The fraction of sp³-hybridized carbons (Fsp3) is 0.125. The van der Waals surface area contributed by atoms with E-state index in [4.69, 9.17) is 4.42 Å². The molecule has 0 aliphatic rings. The van der Waals surface area contributed by atoms with Crippen molar-refractivity contribution in [3.63, 3.8) is 0 Å². The molecule has 20 heavy (non-hydrogen) atoms. The Balaban J connectivity index is 2.05. The summed E-state index contributed by atoms with van der Waals surface area (Å²) >= 11 is 0. The molecule has 0 aliphatic carbocycles. The first kappa shape index (κ1) is 12.4. The van der Waals surface area contributed by atoms with E-state index in [1.165, 1.54) is 10.7 Å². The van der Waals surface area contributed by atoms with Crippen LogP contribution in [0.15, 0.2) is 70.1 Å². The van der Waals surface area contributed by atoms with Crippen molar-refractivity contribution in [3.05, 3.63) is 76.8 Å². The third-order valence-corrected chi connectivity index (χ3v) is 3.25. The van der Waals surface area contributed by atoms with Gasteiger partial charge in [0.15, 0.2) is 5.76 Å². The number of aromatic nitrogens is 2. The summed E-state index contributed by atoms with van der Waals surface area (Å²) in [4.78, 5) is 12.0. The van der Waals surface area contributed by atoms with Crippen molar-refractivity contribution in [1.82, 2.24) is 9.78 Å². The maximum absolute atomic E-state index is 12.0. The zero-order chi connectivity index (χ0) is 13.9. The van der Waals surface area contributed by atoms with Crippen LogP contribution >= 0.6 is 0 Å². The predicted molar refractivity (Wildman–Crippen MR) is 76.5 cm³/mol. The van der Waals surface area contributed by atoms with E-state index < -0.39 is 0 Å². The van der Waals surface area contributed by atoms with Gasteiger partial charge in [-0.25, -0.2) is 4.68 Å². The van der Waals surface area contributed by atoms with Gasteiger partial charge >= 0.3 is 0 Å². The normalized spacial score (nSPS) is 12.2. The van der Waals surface area contributed by atoms with Gasteiger partial charge in [-0.2, -0.15) is 5.10 Å². The summed E-state index contributed by atoms with van der Waals surface area (Å²) in [5.41, 5.74) is 1.56. The number of rotatable bonds is 3. The molecule has 3 rings (SSSR count). The van der Waals surface area contributed by atoms with E-state index in [2.05, 4.69) is 5.10 Å². The zero-order valence-electron chi connectivity index (χ0n) is 11.1. The van der Waals surface area contributed by atoms with Gasteiger partial charge in [0, 0.05) is 6.07 Å². The van der Waals surface area contributed by atoms with Crippen molar-refractivity contribution >= 4 is 0 Å². The Kier molecular flexibility index (Phi) is 3.21. The number of furan rings is 1. The van der Waals surface area contributed by atoms with Gasteiger partial charge in [0.25, 0.3) is 5.56 Å². The Bertz CT molecular complexity index is 746. The minimum Gasteiger partial charge on any atom is -0.463 e. The van der Waals surface area contributed by atoms with Crippen molar-refractivity contribution < 1.29 is 4.42 Å². The van der Waals surface area contributed by atoms with E-state index >= 15 is 0 Å². The molecule has 0 aliphatic heterocycles. The quantitative estimate of drug-likeness (QED) is 0.731. The van der Waals surface area contributed by atoms with Crippen LogP contribution in [0.3, 0.4) is 0 Å². The Morgan fingerprint density at radius 1 is 1.05 bits per heavy atom. The first-order chi connectivity index (χ1) is 9.75. The Hall–Kier alpha value is -2.62. The molecule has 0 bridgehead atoms. The lowest BCUT2D eigenvalue weighted by Crippen LogP contribution is -2.26. The van der Waals surface area contributed by atoms with Crippen LogP contribution in [0.2, 0.25) is 0 Å². The number of benzene rings is 1. The lowest BCUT2D eigenvalue weighted by molar-refractivity contribution is 0.524. The van der Waals surface area contributed by atoms with E-state index in [0.717, 1.165) is 5.56 Å². The van der Waals surface area contributed by atoms with E-state index in [1.807, 2.05) is 43.3 Å². The van der Waals surface area contributed by atoms with Gasteiger partial charge in [0.1, 0.15) is 5.69 Å². The standard InChI is InChI=1S/C16H14N2O2/c1-12(13-6-3-2-4-7-13)18-16(19)10-9-14(17-18)15-8-5-11-20-15/h2-12H,1H3. The van der Waals surface area contributed by atoms with Gasteiger partial charge in [0.05, 0.1) is 12.3 Å². The maximum atomic E-state index is 12.0. The minimum atomic E-state index is -0.128. The average Bonchev–Trinajstić information content (AvgIpc) is 3.02. The highest BCUT2D eigenvalue weighted by atomic mass is 16.3. The number of hydrogen-bond acceptors (Lipinski definition) is 3. The van der Waals surface area contributed by atoms with Gasteiger partial charge in [-0.15, -0.1) is 0 Å². The van der Waals surface area contributed by atoms with E-state index in [-0.39, 0.29) is 11.6 Å². The third-order valence-electron chi connectivity index (χ3n) is 3.25. The molecule has 0 fully saturated rings. The van der Waals surface area contributed by atoms with Gasteiger partial charge in [-0.1, -0.05) is 30.3 Å². The molecule has 2 aromatic heterocycles. The summed E-state index contributed by atoms with van der Waals surface area (Å²) in [6.45, 7) is 1.95. The molecule has 0 saturated heterocycles. The highest BCUT2D eigenvalue weighted by Crippen LogP contribution is 2.18. The SMILES string of the molecule is CC(c1ccccc1)n1nc(-c2ccco2)ccc1=O. The first-order valence-corrected chi connectivity index (χ1v) is 6.44. The van der Waals surface area contributed by atoms with Crippen LogP contribution in [-0.2, 0) is 0 Å². The highest BCUT2D eigenvalue weighted by molar-refractivity contribution is 5.50. The van der Waals surface area contributed by atoms with Crippen LogP contribution in [0.5, 0.6) is 0 Å². The lowest BCUT2D eigenvalue weighted by Gasteiger charge is -2.14. The second-order valence-electron chi connectivity index (χ2n) is 4.57. The molecule has 0 saturated carbocycles. The molecule has 3 aromatic rings. The van der Waals surface area contributed by atoms with Crippen molar-refractivity contribution in [1.29, 1.82) is 0 Å². The fourth-order valence-corrected chi connectivity index (χ4v) is 2.13. The molecule has 1 aromatic carbocycles. The van der Waals surface area contributed by atoms with Crippen molar-refractivity contribution in [2.24, 2.45) is 0 Å². The zero-order valence-corrected chi connectivity index (χ0v) is 11.1. The third kappa shape index (κ3) is 2.28. The van der Waals surface area contributed by atoms with Crippen LogP contribution < -0.4 is 5.56 Å². The van der Waals surface area contributed by atoms with Crippen LogP contribution in [0, 0.1) is 0 Å². The van der Waals surface area contributed by atoms with Gasteiger partial charge in [-0.05, 0) is 30.7 Å². The summed E-state index contributed by atoms with van der Waals surface area (Å²) in [5, 5.41) is 4.40. The van der Waals surface area contributed by atoms with Crippen LogP contribution in [0.1, 0.15) is 18.5 Å². The Morgan fingerprint density at radius 2 is 1.85 bits per heavy atom. The summed E-state index contributed by atoms with van der Waals surface area (Å²) in [6.07, 6.45) is 1.59. The molecule has 0 radical (unpaired) electrons. The molecule has 4 heteroatoms. The maximum Gasteiger partial charge on any atom is 0.267 e. The molecular formula is C16H14N2O2. The molecule has 4 nitrogen and oxygen atoms in total. The van der Waals surface area contributed by atoms with Gasteiger partial charge in [0.2, 0.25) is 0 Å². The molecule has 100 valence electrons. The minimum absolute atomic E-state index is 0.126. The highest BCUT2D eigenvalue weighted by Gasteiger charge is 2.12. The van der Waals surface area contributed by atoms with E-state index in [0.29, 0.717) is 11.5 Å². The first-order valence-electron chi connectivity index (χ1n) is 6.44. The topological polar surface area (TPSA) is 48.0 Å².